The summed E-state index contributed by atoms with van der Waals surface area (Å²) in [6.45, 7) is 18.1. The summed E-state index contributed by atoms with van der Waals surface area (Å²) in [6, 6.07) is 41.9. The molecule has 0 radical (unpaired) electrons. The van der Waals surface area contributed by atoms with Gasteiger partial charge in [-0.1, -0.05) is 175 Å². The molecule has 9 heterocycles. The monoisotopic (exact) mass is 1380 g/mol. The molecule has 16 nitrogen and oxygen atoms in total. The summed E-state index contributed by atoms with van der Waals surface area (Å²) in [6.07, 6.45) is 43.6. The van der Waals surface area contributed by atoms with E-state index in [9.17, 15) is 0 Å². The van der Waals surface area contributed by atoms with Crippen molar-refractivity contribution in [3.63, 3.8) is 0 Å². The Bertz CT molecular complexity index is 4890. The molecule has 0 amide bonds. The van der Waals surface area contributed by atoms with Gasteiger partial charge in [-0.05, 0) is 74.2 Å². The highest BCUT2D eigenvalue weighted by Gasteiger charge is 2.30. The lowest BCUT2D eigenvalue weighted by atomic mass is 10.0. The number of nitrogens with zero attached hydrogens (tertiary/aromatic N) is 10. The van der Waals surface area contributed by atoms with Crippen LogP contribution in [0.1, 0.15) is 227 Å². The molecule has 0 aliphatic carbocycles. The van der Waals surface area contributed by atoms with E-state index >= 15 is 0 Å². The number of fused-ring (bicyclic) bond motifs is 20. The molecule has 0 spiro atoms. The molecular formula is C87H104N12O4+4. The van der Waals surface area contributed by atoms with Gasteiger partial charge in [0, 0.05) is 97.5 Å². The smallest absolute Gasteiger partial charge is 0.212 e. The van der Waals surface area contributed by atoms with Crippen molar-refractivity contribution >= 4 is 44.1 Å². The van der Waals surface area contributed by atoms with E-state index < -0.39 is 0 Å². The van der Waals surface area contributed by atoms with Gasteiger partial charge in [-0.25, -0.2) is 29.9 Å². The van der Waals surface area contributed by atoms with Gasteiger partial charge in [0.2, 0.25) is 24.8 Å². The number of pyridine rings is 4. The van der Waals surface area contributed by atoms with Crippen molar-refractivity contribution in [3.05, 3.63) is 171 Å². The second-order valence-electron chi connectivity index (χ2n) is 28.0. The Morgan fingerprint density at radius 3 is 0.961 bits per heavy atom. The van der Waals surface area contributed by atoms with Gasteiger partial charge in [-0.2, -0.15) is 18.3 Å². The van der Waals surface area contributed by atoms with Crippen LogP contribution in [0.2, 0.25) is 0 Å². The van der Waals surface area contributed by atoms with E-state index in [1.165, 1.54) is 89.9 Å². The zero-order valence-electron chi connectivity index (χ0n) is 61.8. The van der Waals surface area contributed by atoms with Crippen molar-refractivity contribution in [2.45, 2.75) is 227 Å². The highest BCUT2D eigenvalue weighted by Crippen LogP contribution is 2.46. The maximum Gasteiger partial charge on any atom is 0.212 e. The number of aromatic nitrogens is 12. The van der Waals surface area contributed by atoms with Crippen molar-refractivity contribution in [3.8, 4) is 91.5 Å². The minimum Gasteiger partial charge on any atom is -0.450 e. The fourth-order valence-electron chi connectivity index (χ4n) is 15.0. The summed E-state index contributed by atoms with van der Waals surface area (Å²) in [5, 5.41) is 2.96. The minimum absolute atomic E-state index is 0.329. The van der Waals surface area contributed by atoms with E-state index in [0.29, 0.717) is 138 Å². The number of unbranched alkanes of at least 4 members (excludes halogenated alkanes) is 11. The second kappa shape index (κ2) is 34.3. The fraction of sp³-hybridized carbons (Fsp3) is 0.402. The van der Waals surface area contributed by atoms with Crippen molar-refractivity contribution < 1.29 is 37.2 Å². The molecule has 2 aliphatic heterocycles. The first kappa shape index (κ1) is 71.4. The molecule has 0 saturated heterocycles. The van der Waals surface area contributed by atoms with E-state index in [1.54, 1.807) is 0 Å². The average molecular weight is 1380 g/mol. The number of ether oxygens (including phenoxy) is 4. The number of hydrogen-bond donors (Lipinski definition) is 2. The van der Waals surface area contributed by atoms with Gasteiger partial charge in [0.1, 0.15) is 45.6 Å². The number of rotatable bonds is 35. The van der Waals surface area contributed by atoms with Crippen LogP contribution in [0.15, 0.2) is 171 Å². The molecule has 16 heteroatoms. The molecule has 11 aromatic rings. The number of nitrogens with one attached hydrogen (secondary N) is 2. The van der Waals surface area contributed by atoms with Gasteiger partial charge in [0.15, 0.2) is 95.3 Å². The normalized spacial score (nSPS) is 13.0. The lowest BCUT2D eigenvalue weighted by Gasteiger charge is -2.13. The predicted molar refractivity (Wildman–Crippen MR) is 411 cm³/mol. The molecule has 0 saturated carbocycles. The number of benzene rings is 4. The highest BCUT2D eigenvalue weighted by atomic mass is 16.5. The highest BCUT2D eigenvalue weighted by molar-refractivity contribution is 6.10. The number of hydrogen-bond acceptors (Lipinski definition) is 10. The Labute approximate surface area is 607 Å². The Balaban J connectivity index is 1.04. The van der Waals surface area contributed by atoms with Crippen molar-refractivity contribution in [1.82, 2.24) is 39.9 Å². The van der Waals surface area contributed by atoms with Crippen LogP contribution in [0.25, 0.3) is 89.7 Å². The predicted octanol–water partition coefficient (Wildman–Crippen LogP) is 22.5. The van der Waals surface area contributed by atoms with Gasteiger partial charge >= 0.3 is 0 Å². The van der Waals surface area contributed by atoms with Crippen LogP contribution in [-0.4, -0.2) is 39.9 Å². The SMILES string of the molecule is CCCCCCCC(CC)[n+]1cccc(Oc2cccc3c4nc5nc(nc6[nH]c(nc7nc(nc([nH]4)c23)-c2cccc(Oc3ccc[n+](C(CC)CCCCC)c3)c2-7)c2cccc(Oc3ccc[n+](C(CC)CCCCC)c3)c62)-c2cccc(Oc3ccc[n+](C(CC)CCCCCC)c3)c2-5)c1. The lowest BCUT2D eigenvalue weighted by Crippen LogP contribution is -2.38. The molecule has 8 bridgehead atoms. The Morgan fingerprint density at radius 1 is 0.301 bits per heavy atom. The number of H-pyrrole nitrogens is 2. The molecular weight excluding hydrogens is 1280 g/mol. The van der Waals surface area contributed by atoms with Crippen molar-refractivity contribution in [1.29, 1.82) is 0 Å². The lowest BCUT2D eigenvalue weighted by molar-refractivity contribution is -0.724. The maximum absolute atomic E-state index is 7.13. The maximum atomic E-state index is 7.13. The number of aromatic amines is 2. The fourth-order valence-corrected chi connectivity index (χ4v) is 15.0. The molecule has 4 aromatic carbocycles. The first-order valence-corrected chi connectivity index (χ1v) is 38.8. The molecule has 0 fully saturated rings. The summed E-state index contributed by atoms with van der Waals surface area (Å²) in [5.41, 5.74) is 4.84. The van der Waals surface area contributed by atoms with Gasteiger partial charge in [-0.15, -0.1) is 0 Å². The topological polar surface area (TPSA) is 161 Å². The molecule has 7 aromatic heterocycles. The van der Waals surface area contributed by atoms with E-state index in [0.717, 1.165) is 79.7 Å². The van der Waals surface area contributed by atoms with Gasteiger partial charge in [-0.3, -0.25) is 0 Å². The zero-order valence-corrected chi connectivity index (χ0v) is 61.8. The third kappa shape index (κ3) is 16.4. The summed E-state index contributed by atoms with van der Waals surface area (Å²) in [4.78, 5) is 40.8. The summed E-state index contributed by atoms with van der Waals surface area (Å²) < 4.78 is 37.7. The quantitative estimate of drug-likeness (QED) is 0.0289. The molecule has 4 atom stereocenters. The van der Waals surface area contributed by atoms with Crippen molar-refractivity contribution in [2.24, 2.45) is 0 Å². The molecule has 103 heavy (non-hydrogen) atoms. The molecule has 2 aliphatic rings. The van der Waals surface area contributed by atoms with Crippen LogP contribution in [0.4, 0.5) is 0 Å². The molecule has 13 rings (SSSR count). The molecule has 4 unspecified atom stereocenters. The Kier molecular flexibility index (Phi) is 23.8. The van der Waals surface area contributed by atoms with Crippen LogP contribution < -0.4 is 37.2 Å². The van der Waals surface area contributed by atoms with E-state index in [-0.39, 0.29) is 0 Å². The van der Waals surface area contributed by atoms with Crippen LogP contribution >= 0.6 is 0 Å². The Hall–Kier alpha value is -9.96. The third-order valence-corrected chi connectivity index (χ3v) is 20.8. The van der Waals surface area contributed by atoms with Gasteiger partial charge < -0.3 is 28.9 Å². The molecule has 532 valence electrons. The third-order valence-electron chi connectivity index (χ3n) is 20.8. The van der Waals surface area contributed by atoms with Gasteiger partial charge in [0.05, 0.1) is 21.9 Å². The summed E-state index contributed by atoms with van der Waals surface area (Å²) in [7, 11) is 0. The summed E-state index contributed by atoms with van der Waals surface area (Å²) in [5.74, 6) is 6.81. The largest absolute Gasteiger partial charge is 0.450 e. The average Bonchev–Trinajstić information content (AvgIpc) is 1.60. The van der Waals surface area contributed by atoms with Crippen LogP contribution in [0, 0.1) is 0 Å². The Morgan fingerprint density at radius 2 is 0.602 bits per heavy atom. The van der Waals surface area contributed by atoms with E-state index in [2.05, 4.69) is 170 Å². The van der Waals surface area contributed by atoms with E-state index in [1.807, 2.05) is 84.9 Å². The molecule has 2 N–H and O–H groups in total. The first-order valence-electron chi connectivity index (χ1n) is 38.8. The standard InChI is InChI=1S/C87H104N12O4/c1-9-17-21-23-27-39-63(16-8)99-55-35-43-67(59-99)103-75-51-31-47-71-79(75)87-92-81-69-45-29-49-73(101-65-41-33-53-97(57-65)61(14-6)37-25-20-12-4)77(69)84(90-81)88-80-68-44-28-48-72(100-64-40-32-52-96(56-64)60(13-5)36-24-19-11-3)76(68)85(89-80)91-82-70-46-30-50-74(78(70)86(93-82)94-83(71)95-87)102-66-42-34-54-98(58-66)62(15-7)38-26-22-18-10-2/h28-35,40-63H,9-27,36-39H2,1-8H3,(H2,88,89,90,91,92,93,94,95)/q+4. The second-order valence-corrected chi connectivity index (χ2v) is 28.0. The van der Waals surface area contributed by atoms with Crippen LogP contribution in [0.5, 0.6) is 46.0 Å². The van der Waals surface area contributed by atoms with Crippen LogP contribution in [0.3, 0.4) is 0 Å². The van der Waals surface area contributed by atoms with Crippen molar-refractivity contribution in [2.75, 3.05) is 0 Å². The summed E-state index contributed by atoms with van der Waals surface area (Å²) >= 11 is 0. The van der Waals surface area contributed by atoms with E-state index in [4.69, 9.17) is 48.9 Å². The minimum atomic E-state index is 0.329. The van der Waals surface area contributed by atoms with Crippen LogP contribution in [-0.2, 0) is 0 Å². The first-order chi connectivity index (χ1) is 50.7. The van der Waals surface area contributed by atoms with Gasteiger partial charge in [0.25, 0.3) is 0 Å². The zero-order chi connectivity index (χ0) is 71.0.